The van der Waals surface area contributed by atoms with Crippen molar-refractivity contribution in [3.05, 3.63) is 48.3 Å². The van der Waals surface area contributed by atoms with Gasteiger partial charge < -0.3 is 14.8 Å². The molecule has 0 aliphatic carbocycles. The Balaban J connectivity index is 1.38. The van der Waals surface area contributed by atoms with Gasteiger partial charge in [-0.05, 0) is 26.0 Å². The summed E-state index contributed by atoms with van der Waals surface area (Å²) in [6, 6.07) is 6.41. The molecule has 1 aromatic carbocycles. The molecule has 0 amide bonds. The quantitative estimate of drug-likeness (QED) is 0.530. The van der Waals surface area contributed by atoms with Gasteiger partial charge in [0.15, 0.2) is 11.5 Å². The molecule has 2 N–H and O–H groups in total. The van der Waals surface area contributed by atoms with Crippen molar-refractivity contribution in [3.63, 3.8) is 0 Å². The number of aryl methyl sites for hydroxylation is 2. The first-order valence-electron chi connectivity index (χ1n) is 9.91. The second kappa shape index (κ2) is 8.90. The lowest BCUT2D eigenvalue weighted by Gasteiger charge is -2.12. The number of nitrogens with one attached hydrogen (secondary N) is 2. The minimum Gasteiger partial charge on any atom is -0.490 e. The van der Waals surface area contributed by atoms with Crippen LogP contribution in [0.2, 0.25) is 0 Å². The molecule has 3 aromatic rings. The first-order chi connectivity index (χ1) is 14.9. The van der Waals surface area contributed by atoms with Crippen molar-refractivity contribution in [1.29, 1.82) is 0 Å². The van der Waals surface area contributed by atoms with E-state index >= 15 is 0 Å². The average Bonchev–Trinajstić information content (AvgIpc) is 3.03. The lowest BCUT2D eigenvalue weighted by atomic mass is 10.3. The van der Waals surface area contributed by atoms with Crippen LogP contribution < -0.4 is 19.5 Å². The number of anilines is 1. The van der Waals surface area contributed by atoms with E-state index in [0.717, 1.165) is 12.2 Å². The van der Waals surface area contributed by atoms with E-state index in [0.29, 0.717) is 48.7 Å². The van der Waals surface area contributed by atoms with Gasteiger partial charge in [-0.25, -0.2) is 28.1 Å². The largest absolute Gasteiger partial charge is 0.490 e. The molecule has 3 heterocycles. The van der Waals surface area contributed by atoms with Crippen LogP contribution in [0.5, 0.6) is 11.5 Å². The van der Waals surface area contributed by atoms with Crippen LogP contribution in [-0.2, 0) is 10.0 Å². The van der Waals surface area contributed by atoms with E-state index in [4.69, 9.17) is 9.47 Å². The zero-order chi connectivity index (χ0) is 21.8. The van der Waals surface area contributed by atoms with Gasteiger partial charge in [0, 0.05) is 44.0 Å². The van der Waals surface area contributed by atoms with Gasteiger partial charge in [0.25, 0.3) is 0 Å². The highest BCUT2D eigenvalue weighted by molar-refractivity contribution is 7.89. The summed E-state index contributed by atoms with van der Waals surface area (Å²) in [6.07, 6.45) is 4.28. The fraction of sp³-hybridized carbons (Fsp3) is 0.350. The van der Waals surface area contributed by atoms with Crippen LogP contribution in [0.3, 0.4) is 0 Å². The van der Waals surface area contributed by atoms with Crippen LogP contribution in [0.25, 0.3) is 5.82 Å². The van der Waals surface area contributed by atoms with E-state index in [9.17, 15) is 8.42 Å². The number of aromatic nitrogens is 4. The Hall–Kier alpha value is -3.18. The van der Waals surface area contributed by atoms with Gasteiger partial charge in [0.05, 0.1) is 18.1 Å². The van der Waals surface area contributed by atoms with Crippen molar-refractivity contribution in [2.45, 2.75) is 25.2 Å². The number of benzene rings is 1. The second-order valence-corrected chi connectivity index (χ2v) is 8.75. The molecule has 0 atom stereocenters. The van der Waals surface area contributed by atoms with Gasteiger partial charge in [-0.1, -0.05) is 0 Å². The Bertz CT molecular complexity index is 1180. The minimum atomic E-state index is -3.69. The third-order valence-corrected chi connectivity index (χ3v) is 6.11. The van der Waals surface area contributed by atoms with Gasteiger partial charge in [-0.15, -0.1) is 0 Å². The maximum absolute atomic E-state index is 12.6. The van der Waals surface area contributed by atoms with Crippen molar-refractivity contribution < 1.29 is 17.9 Å². The summed E-state index contributed by atoms with van der Waals surface area (Å²) < 4.78 is 40.9. The lowest BCUT2D eigenvalue weighted by Crippen LogP contribution is -2.29. The number of rotatable bonds is 7. The molecule has 1 aliphatic heterocycles. The van der Waals surface area contributed by atoms with Gasteiger partial charge in [-0.3, -0.25) is 4.57 Å². The molecular formula is C20H24N6O4S. The zero-order valence-corrected chi connectivity index (χ0v) is 18.1. The van der Waals surface area contributed by atoms with E-state index in [2.05, 4.69) is 25.0 Å². The van der Waals surface area contributed by atoms with E-state index in [-0.39, 0.29) is 11.4 Å². The summed E-state index contributed by atoms with van der Waals surface area (Å²) >= 11 is 0. The monoisotopic (exact) mass is 444 g/mol. The van der Waals surface area contributed by atoms with Crippen LogP contribution in [0.4, 0.5) is 5.82 Å². The Labute approximate surface area is 180 Å². The number of hydrogen-bond acceptors (Lipinski definition) is 8. The smallest absolute Gasteiger partial charge is 0.240 e. The summed E-state index contributed by atoms with van der Waals surface area (Å²) in [7, 11) is -3.69. The second-order valence-electron chi connectivity index (χ2n) is 6.99. The number of hydrogen-bond donors (Lipinski definition) is 2. The standard InChI is InChI=1S/C20H24N6O4S/c1-14-24-19(13-20(25-14)26-9-8-21-15(26)2)22-6-7-23-31(27,28)16-4-5-17-18(12-16)30-11-3-10-29-17/h4-5,8-9,12-13,23H,3,6-7,10-11H2,1-2H3,(H,22,24,25). The van der Waals surface area contributed by atoms with Gasteiger partial charge in [0.1, 0.15) is 23.3 Å². The predicted octanol–water partition coefficient (Wildman–Crippen LogP) is 1.83. The number of imidazole rings is 1. The number of nitrogens with zero attached hydrogens (tertiary/aromatic N) is 4. The van der Waals surface area contributed by atoms with E-state index in [1.54, 1.807) is 25.3 Å². The molecule has 0 spiro atoms. The molecule has 0 radical (unpaired) electrons. The van der Waals surface area contributed by atoms with Crippen LogP contribution in [0, 0.1) is 13.8 Å². The Morgan fingerprint density at radius 2 is 1.87 bits per heavy atom. The molecule has 2 aromatic heterocycles. The number of fused-ring (bicyclic) bond motifs is 1. The highest BCUT2D eigenvalue weighted by atomic mass is 32.2. The summed E-state index contributed by atoms with van der Waals surface area (Å²) in [5, 5.41) is 3.13. The summed E-state index contributed by atoms with van der Waals surface area (Å²) in [5.41, 5.74) is 0. The van der Waals surface area contributed by atoms with Gasteiger partial charge in [0.2, 0.25) is 10.0 Å². The molecule has 4 rings (SSSR count). The molecule has 0 bridgehead atoms. The number of sulfonamides is 1. The zero-order valence-electron chi connectivity index (χ0n) is 17.3. The molecule has 1 aliphatic rings. The molecule has 0 fully saturated rings. The maximum atomic E-state index is 12.6. The van der Waals surface area contributed by atoms with E-state index in [1.165, 1.54) is 12.1 Å². The van der Waals surface area contributed by atoms with Crippen LogP contribution in [0.15, 0.2) is 41.6 Å². The van der Waals surface area contributed by atoms with Crippen molar-refractivity contribution in [2.75, 3.05) is 31.6 Å². The van der Waals surface area contributed by atoms with Crippen LogP contribution in [0.1, 0.15) is 18.1 Å². The highest BCUT2D eigenvalue weighted by Gasteiger charge is 2.18. The Morgan fingerprint density at radius 3 is 2.65 bits per heavy atom. The molecule has 11 heteroatoms. The third-order valence-electron chi connectivity index (χ3n) is 4.65. The molecule has 164 valence electrons. The van der Waals surface area contributed by atoms with E-state index in [1.807, 2.05) is 17.7 Å². The number of ether oxygens (including phenoxy) is 2. The Morgan fingerprint density at radius 1 is 1.06 bits per heavy atom. The molecule has 0 unspecified atom stereocenters. The summed E-state index contributed by atoms with van der Waals surface area (Å²) in [6.45, 7) is 5.26. The van der Waals surface area contributed by atoms with Crippen molar-refractivity contribution in [3.8, 4) is 17.3 Å². The molecule has 10 nitrogen and oxygen atoms in total. The molecule has 0 saturated heterocycles. The molecule has 0 saturated carbocycles. The average molecular weight is 445 g/mol. The van der Waals surface area contributed by atoms with Crippen molar-refractivity contribution >= 4 is 15.8 Å². The molecule has 31 heavy (non-hydrogen) atoms. The first-order valence-corrected chi connectivity index (χ1v) is 11.4. The summed E-state index contributed by atoms with van der Waals surface area (Å²) in [5.74, 6) is 3.70. The summed E-state index contributed by atoms with van der Waals surface area (Å²) in [4.78, 5) is 13.1. The van der Waals surface area contributed by atoms with Crippen LogP contribution >= 0.6 is 0 Å². The highest BCUT2D eigenvalue weighted by Crippen LogP contribution is 2.31. The first kappa shape index (κ1) is 21.1. The fourth-order valence-corrected chi connectivity index (χ4v) is 4.20. The van der Waals surface area contributed by atoms with Crippen molar-refractivity contribution in [2.24, 2.45) is 0 Å². The SMILES string of the molecule is Cc1nc(NCCNS(=O)(=O)c2ccc3c(c2)OCCCO3)cc(-n2ccnc2C)n1. The lowest BCUT2D eigenvalue weighted by molar-refractivity contribution is 0.297. The van der Waals surface area contributed by atoms with Gasteiger partial charge >= 0.3 is 0 Å². The Kier molecular flexibility index (Phi) is 6.05. The minimum absolute atomic E-state index is 0.132. The predicted molar refractivity (Wildman–Crippen MR) is 114 cm³/mol. The maximum Gasteiger partial charge on any atom is 0.240 e. The fourth-order valence-electron chi connectivity index (χ4n) is 3.16. The molecular weight excluding hydrogens is 420 g/mol. The third kappa shape index (κ3) is 4.94. The van der Waals surface area contributed by atoms with Gasteiger partial charge in [-0.2, -0.15) is 0 Å². The van der Waals surface area contributed by atoms with E-state index < -0.39 is 10.0 Å². The van der Waals surface area contributed by atoms with Crippen LogP contribution in [-0.4, -0.2) is 54.2 Å². The normalized spacial score (nSPS) is 13.6. The van der Waals surface area contributed by atoms with Crippen molar-refractivity contribution in [1.82, 2.24) is 24.2 Å². The topological polar surface area (TPSA) is 120 Å².